The van der Waals surface area contributed by atoms with E-state index in [9.17, 15) is 19.2 Å². The van der Waals surface area contributed by atoms with Crippen LogP contribution in [0.4, 0.5) is 0 Å². The molecule has 3 atom stereocenters. The quantitative estimate of drug-likeness (QED) is 0.341. The zero-order valence-electron chi connectivity index (χ0n) is 18.1. The van der Waals surface area contributed by atoms with Crippen LogP contribution in [-0.4, -0.2) is 39.6 Å². The van der Waals surface area contributed by atoms with Gasteiger partial charge in [-0.2, -0.15) is 5.01 Å². The largest absolute Gasteiger partial charge is 0.292 e. The molecule has 0 N–H and O–H groups in total. The second-order valence-electron chi connectivity index (χ2n) is 8.38. The molecule has 33 heavy (non-hydrogen) atoms. The molecule has 6 nitrogen and oxygen atoms in total. The number of benzene rings is 2. The summed E-state index contributed by atoms with van der Waals surface area (Å²) in [5.74, 6) is -3.13. The summed E-state index contributed by atoms with van der Waals surface area (Å²) < 4.78 is 0. The van der Waals surface area contributed by atoms with Crippen LogP contribution in [0.3, 0.4) is 0 Å². The highest BCUT2D eigenvalue weighted by Gasteiger charge is 2.53. The van der Waals surface area contributed by atoms with Gasteiger partial charge in [-0.25, -0.2) is 5.01 Å². The van der Waals surface area contributed by atoms with Gasteiger partial charge in [0.25, 0.3) is 17.7 Å². The summed E-state index contributed by atoms with van der Waals surface area (Å²) in [6.07, 6.45) is 2.81. The fourth-order valence-electron chi connectivity index (χ4n) is 4.39. The van der Waals surface area contributed by atoms with Crippen LogP contribution >= 0.6 is 23.2 Å². The molecular formula is C25H22Cl2N2O4. The Morgan fingerprint density at radius 3 is 2.30 bits per heavy atom. The Morgan fingerprint density at radius 2 is 1.64 bits per heavy atom. The van der Waals surface area contributed by atoms with Gasteiger partial charge in [0.2, 0.25) is 0 Å². The highest BCUT2D eigenvalue weighted by molar-refractivity contribution is 6.42. The van der Waals surface area contributed by atoms with Crippen LogP contribution in [0.1, 0.15) is 47.4 Å². The lowest BCUT2D eigenvalue weighted by Gasteiger charge is -2.34. The Morgan fingerprint density at radius 1 is 0.970 bits per heavy atom. The molecule has 0 spiro atoms. The maximum Gasteiger partial charge on any atom is 0.273 e. The van der Waals surface area contributed by atoms with E-state index in [0.29, 0.717) is 18.4 Å². The van der Waals surface area contributed by atoms with Crippen LogP contribution in [0.2, 0.25) is 10.0 Å². The average Bonchev–Trinajstić information content (AvgIpc) is 3.05. The van der Waals surface area contributed by atoms with Gasteiger partial charge in [-0.1, -0.05) is 65.2 Å². The molecule has 1 fully saturated rings. The molecular weight excluding hydrogens is 463 g/mol. The van der Waals surface area contributed by atoms with Crippen molar-refractivity contribution in [3.8, 4) is 0 Å². The third-order valence-corrected chi connectivity index (χ3v) is 6.93. The second-order valence-corrected chi connectivity index (χ2v) is 9.19. The molecule has 0 unspecified atom stereocenters. The highest BCUT2D eigenvalue weighted by atomic mass is 35.5. The van der Waals surface area contributed by atoms with Crippen molar-refractivity contribution in [2.45, 2.75) is 32.7 Å². The van der Waals surface area contributed by atoms with E-state index >= 15 is 0 Å². The third kappa shape index (κ3) is 4.21. The summed E-state index contributed by atoms with van der Waals surface area (Å²) in [5.41, 5.74) is 1.50. The lowest BCUT2D eigenvalue weighted by atomic mass is 9.82. The normalized spacial score (nSPS) is 20.8. The number of halogens is 2. The molecule has 1 heterocycles. The lowest BCUT2D eigenvalue weighted by molar-refractivity contribution is -0.156. The van der Waals surface area contributed by atoms with Crippen molar-refractivity contribution < 1.29 is 19.2 Å². The number of carbonyl (C=O) groups excluding carboxylic acids is 4. The molecule has 3 amide bonds. The van der Waals surface area contributed by atoms with Gasteiger partial charge in [0, 0.05) is 11.1 Å². The van der Waals surface area contributed by atoms with Crippen molar-refractivity contribution in [1.29, 1.82) is 0 Å². The van der Waals surface area contributed by atoms with Gasteiger partial charge in [-0.3, -0.25) is 19.2 Å². The zero-order valence-corrected chi connectivity index (χ0v) is 19.6. The fourth-order valence-corrected chi connectivity index (χ4v) is 4.69. The maximum atomic E-state index is 13.6. The summed E-state index contributed by atoms with van der Waals surface area (Å²) in [6, 6.07) is 11.6. The van der Waals surface area contributed by atoms with Gasteiger partial charge in [0.05, 0.1) is 21.9 Å². The summed E-state index contributed by atoms with van der Waals surface area (Å²) in [5, 5.41) is 2.26. The third-order valence-electron chi connectivity index (χ3n) is 6.19. The minimum atomic E-state index is -1.11. The van der Waals surface area contributed by atoms with Gasteiger partial charge < -0.3 is 0 Å². The van der Waals surface area contributed by atoms with E-state index in [0.717, 1.165) is 15.6 Å². The van der Waals surface area contributed by atoms with Crippen molar-refractivity contribution in [2.75, 3.05) is 0 Å². The SMILES string of the molecule is CC1=CC[C@@H]2C(=O)N(N(C(=O)c3ccc(Cl)c(Cl)c3)[C@@H](C)C(=O)c3ccccc3)C(=O)[C@H]2C1. The predicted octanol–water partition coefficient (Wildman–Crippen LogP) is 4.96. The molecule has 2 aromatic rings. The van der Waals surface area contributed by atoms with E-state index in [2.05, 4.69) is 0 Å². The minimum Gasteiger partial charge on any atom is -0.292 e. The van der Waals surface area contributed by atoms with Gasteiger partial charge >= 0.3 is 0 Å². The Bertz CT molecular complexity index is 1180. The number of imide groups is 1. The monoisotopic (exact) mass is 484 g/mol. The molecule has 0 radical (unpaired) electrons. The van der Waals surface area contributed by atoms with Crippen molar-refractivity contribution in [3.63, 3.8) is 0 Å². The van der Waals surface area contributed by atoms with E-state index in [4.69, 9.17) is 23.2 Å². The van der Waals surface area contributed by atoms with Crippen LogP contribution in [0, 0.1) is 11.8 Å². The van der Waals surface area contributed by atoms with E-state index < -0.39 is 41.4 Å². The van der Waals surface area contributed by atoms with Crippen molar-refractivity contribution in [2.24, 2.45) is 11.8 Å². The maximum absolute atomic E-state index is 13.6. The van der Waals surface area contributed by atoms with E-state index in [-0.39, 0.29) is 15.6 Å². The second kappa shape index (κ2) is 9.12. The van der Waals surface area contributed by atoms with Crippen molar-refractivity contribution in [3.05, 3.63) is 81.4 Å². The average molecular weight is 485 g/mol. The molecule has 4 rings (SSSR count). The number of Topliss-reactive ketones (excluding diaryl/α,β-unsaturated/α-hetero) is 1. The summed E-state index contributed by atoms with van der Waals surface area (Å²) in [4.78, 5) is 53.7. The molecule has 2 aliphatic rings. The number of hydrogen-bond donors (Lipinski definition) is 0. The Balaban J connectivity index is 1.76. The number of ketones is 1. The molecule has 8 heteroatoms. The van der Waals surface area contributed by atoms with Gasteiger partial charge in [-0.05, 0) is 44.9 Å². The molecule has 0 bridgehead atoms. The Kier molecular flexibility index (Phi) is 6.41. The first-order valence-corrected chi connectivity index (χ1v) is 11.4. The van der Waals surface area contributed by atoms with Crippen molar-refractivity contribution in [1.82, 2.24) is 10.0 Å². The highest BCUT2D eigenvalue weighted by Crippen LogP contribution is 2.39. The number of nitrogens with zero attached hydrogens (tertiary/aromatic N) is 2. The zero-order chi connectivity index (χ0) is 23.9. The molecule has 0 saturated carbocycles. The first-order chi connectivity index (χ1) is 15.7. The van der Waals surface area contributed by atoms with E-state index in [1.807, 2.05) is 13.0 Å². The number of carbonyl (C=O) groups is 4. The summed E-state index contributed by atoms with van der Waals surface area (Å²) >= 11 is 12.1. The van der Waals surface area contributed by atoms with Gasteiger partial charge in [-0.15, -0.1) is 0 Å². The number of allylic oxidation sites excluding steroid dienone is 2. The number of amides is 3. The number of hydrogen-bond acceptors (Lipinski definition) is 4. The van der Waals surface area contributed by atoms with Gasteiger partial charge in [0.15, 0.2) is 5.78 Å². The molecule has 0 aromatic heterocycles. The predicted molar refractivity (Wildman–Crippen MR) is 125 cm³/mol. The lowest BCUT2D eigenvalue weighted by Crippen LogP contribution is -2.56. The van der Waals surface area contributed by atoms with Crippen LogP contribution in [0.25, 0.3) is 0 Å². The molecule has 1 saturated heterocycles. The Hall–Kier alpha value is -2.96. The standard InChI is InChI=1S/C25H22Cl2N2O4/c1-14-8-10-18-19(12-14)25(33)29(24(18)32)28(15(2)22(30)16-6-4-3-5-7-16)23(31)17-9-11-20(26)21(27)13-17/h3-9,11,13,15,18-19H,10,12H2,1-2H3/t15-,18-,19-/m0/s1. The number of fused-ring (bicyclic) bond motifs is 1. The van der Waals surface area contributed by atoms with Crippen LogP contribution in [0.15, 0.2) is 60.2 Å². The minimum absolute atomic E-state index is 0.113. The van der Waals surface area contributed by atoms with Crippen LogP contribution < -0.4 is 0 Å². The Labute approximate surface area is 201 Å². The first-order valence-electron chi connectivity index (χ1n) is 10.6. The molecule has 1 aliphatic heterocycles. The molecule has 170 valence electrons. The van der Waals surface area contributed by atoms with Crippen molar-refractivity contribution >= 4 is 46.7 Å². The smallest absolute Gasteiger partial charge is 0.273 e. The van der Waals surface area contributed by atoms with Crippen LogP contribution in [-0.2, 0) is 9.59 Å². The van der Waals surface area contributed by atoms with Crippen LogP contribution in [0.5, 0.6) is 0 Å². The number of hydrazine groups is 1. The molecule has 1 aliphatic carbocycles. The topological polar surface area (TPSA) is 74.8 Å². The van der Waals surface area contributed by atoms with E-state index in [1.165, 1.54) is 25.1 Å². The number of rotatable bonds is 5. The van der Waals surface area contributed by atoms with E-state index in [1.54, 1.807) is 30.3 Å². The summed E-state index contributed by atoms with van der Waals surface area (Å²) in [7, 11) is 0. The molecule has 2 aromatic carbocycles. The summed E-state index contributed by atoms with van der Waals surface area (Å²) in [6.45, 7) is 3.42. The first kappa shape index (κ1) is 23.2. The fraction of sp³-hybridized carbons (Fsp3) is 0.280. The van der Waals surface area contributed by atoms with Gasteiger partial charge in [0.1, 0.15) is 6.04 Å².